The molecule has 0 aliphatic carbocycles. The molecule has 0 aliphatic rings. The number of ether oxygens (including phenoxy) is 1. The molecule has 2 aromatic heterocycles. The van der Waals surface area contributed by atoms with E-state index in [0.29, 0.717) is 25.3 Å². The van der Waals surface area contributed by atoms with Crippen molar-refractivity contribution in [2.75, 3.05) is 18.6 Å². The smallest absolute Gasteiger partial charge is 0.416 e. The third-order valence-electron chi connectivity index (χ3n) is 5.84. The van der Waals surface area contributed by atoms with Crippen molar-refractivity contribution in [2.45, 2.75) is 38.6 Å². The van der Waals surface area contributed by atoms with Crippen LogP contribution in [-0.2, 0) is 23.9 Å². The van der Waals surface area contributed by atoms with Gasteiger partial charge in [-0.05, 0) is 90.2 Å². The first-order chi connectivity index (χ1) is 18.6. The average Bonchev–Trinajstić information content (AvgIpc) is 3.48. The Kier molecular flexibility index (Phi) is 10.3. The lowest BCUT2D eigenvalue weighted by atomic mass is 10.1. The molecule has 2 heterocycles. The molecule has 0 amide bonds. The van der Waals surface area contributed by atoms with Crippen LogP contribution in [0.1, 0.15) is 30.5 Å². The number of aromatic nitrogens is 1. The minimum absolute atomic E-state index is 0.414. The summed E-state index contributed by atoms with van der Waals surface area (Å²) < 4.78 is 44.7. The Morgan fingerprint density at radius 2 is 1.59 bits per heavy atom. The highest BCUT2D eigenvalue weighted by molar-refractivity contribution is 7.08. The van der Waals surface area contributed by atoms with Gasteiger partial charge in [-0.1, -0.05) is 24.3 Å². The summed E-state index contributed by atoms with van der Waals surface area (Å²) in [6, 6.07) is 18.8. The van der Waals surface area contributed by atoms with Crippen LogP contribution in [0.15, 0.2) is 83.7 Å². The highest BCUT2D eigenvalue weighted by Gasteiger charge is 2.30. The maximum Gasteiger partial charge on any atom is 0.416 e. The first kappa shape index (κ1) is 29.9. The van der Waals surface area contributed by atoms with Crippen LogP contribution in [0.3, 0.4) is 0 Å². The van der Waals surface area contributed by atoms with Gasteiger partial charge in [0, 0.05) is 32.0 Å². The molecule has 0 fully saturated rings. The SMILES string of the molecule is CC(C)(C=O)Oc1ccc(CCN(Cc2ccc(C(F)(F)F)cc2)c2ccc(-c3ccsc3)cn2)cc1.CO. The number of aliphatic hydroxyl groups is 1. The van der Waals surface area contributed by atoms with E-state index in [1.54, 1.807) is 25.2 Å². The highest BCUT2D eigenvalue weighted by Crippen LogP contribution is 2.30. The molecule has 4 rings (SSSR count). The van der Waals surface area contributed by atoms with Gasteiger partial charge in [0.15, 0.2) is 11.9 Å². The molecule has 0 saturated carbocycles. The zero-order valence-electron chi connectivity index (χ0n) is 22.0. The Labute approximate surface area is 230 Å². The van der Waals surface area contributed by atoms with Crippen molar-refractivity contribution < 1.29 is 27.8 Å². The zero-order valence-corrected chi connectivity index (χ0v) is 22.8. The number of alkyl halides is 3. The Morgan fingerprint density at radius 1 is 0.923 bits per heavy atom. The summed E-state index contributed by atoms with van der Waals surface area (Å²) in [4.78, 5) is 17.8. The van der Waals surface area contributed by atoms with Gasteiger partial charge in [0.05, 0.1) is 5.56 Å². The minimum Gasteiger partial charge on any atom is -0.480 e. The van der Waals surface area contributed by atoms with Crippen LogP contribution in [0.5, 0.6) is 5.75 Å². The Morgan fingerprint density at radius 3 is 2.13 bits per heavy atom. The first-order valence-corrected chi connectivity index (χ1v) is 13.2. The van der Waals surface area contributed by atoms with Crippen LogP contribution >= 0.6 is 11.3 Å². The van der Waals surface area contributed by atoms with E-state index in [1.165, 1.54) is 12.1 Å². The van der Waals surface area contributed by atoms with Crippen molar-refractivity contribution >= 4 is 23.4 Å². The van der Waals surface area contributed by atoms with Crippen molar-refractivity contribution in [1.29, 1.82) is 0 Å². The largest absolute Gasteiger partial charge is 0.480 e. The summed E-state index contributed by atoms with van der Waals surface area (Å²) >= 11 is 1.62. The van der Waals surface area contributed by atoms with Gasteiger partial charge >= 0.3 is 6.18 Å². The topological polar surface area (TPSA) is 62.7 Å². The Bertz CT molecular complexity index is 1290. The molecule has 0 bridgehead atoms. The number of benzene rings is 2. The van der Waals surface area contributed by atoms with E-state index in [2.05, 4.69) is 15.3 Å². The van der Waals surface area contributed by atoms with Gasteiger partial charge in [0.25, 0.3) is 0 Å². The van der Waals surface area contributed by atoms with Crippen molar-refractivity contribution in [3.8, 4) is 16.9 Å². The second-order valence-electron chi connectivity index (χ2n) is 9.25. The predicted molar refractivity (Wildman–Crippen MR) is 149 cm³/mol. The molecule has 0 spiro atoms. The zero-order chi connectivity index (χ0) is 28.5. The molecule has 0 saturated heterocycles. The summed E-state index contributed by atoms with van der Waals surface area (Å²) in [6.07, 6.45) is -1.10. The molecule has 1 N–H and O–H groups in total. The standard InChI is InChI=1S/C29H27F3N2O2S.CH4O/c1-28(2,20-35)36-26-10-5-21(6-11-26)13-15-34(18-22-3-8-25(9-4-22)29(30,31)32)27-12-7-23(17-33-27)24-14-16-37-19-24;1-2/h3-12,14,16-17,19-20H,13,15,18H2,1-2H3;2H,1H3. The monoisotopic (exact) mass is 556 g/mol. The number of aldehydes is 1. The molecule has 0 radical (unpaired) electrons. The molecular formula is C30H31F3N2O3S. The molecule has 9 heteroatoms. The molecule has 206 valence electrons. The van der Waals surface area contributed by atoms with Crippen molar-refractivity contribution in [3.05, 3.63) is 100 Å². The van der Waals surface area contributed by atoms with Crippen LogP contribution in [0.2, 0.25) is 0 Å². The average molecular weight is 557 g/mol. The van der Waals surface area contributed by atoms with E-state index in [9.17, 15) is 18.0 Å². The summed E-state index contributed by atoms with van der Waals surface area (Å²) in [5.74, 6) is 1.35. The third-order valence-corrected chi connectivity index (χ3v) is 6.52. The van der Waals surface area contributed by atoms with Crippen molar-refractivity contribution in [3.63, 3.8) is 0 Å². The first-order valence-electron chi connectivity index (χ1n) is 12.2. The van der Waals surface area contributed by atoms with Crippen LogP contribution in [0.25, 0.3) is 11.1 Å². The van der Waals surface area contributed by atoms with Crippen LogP contribution < -0.4 is 9.64 Å². The number of aliphatic hydroxyl groups excluding tert-OH is 1. The van der Waals surface area contributed by atoms with Gasteiger partial charge in [0.2, 0.25) is 0 Å². The quantitative estimate of drug-likeness (QED) is 0.212. The van der Waals surface area contributed by atoms with Gasteiger partial charge in [-0.15, -0.1) is 0 Å². The number of pyridine rings is 1. The molecule has 0 atom stereocenters. The fraction of sp³-hybridized carbons (Fsp3) is 0.267. The molecule has 5 nitrogen and oxygen atoms in total. The van der Waals surface area contributed by atoms with Gasteiger partial charge < -0.3 is 14.7 Å². The lowest BCUT2D eigenvalue weighted by Gasteiger charge is -2.25. The van der Waals surface area contributed by atoms with E-state index in [0.717, 1.165) is 53.6 Å². The van der Waals surface area contributed by atoms with E-state index in [-0.39, 0.29) is 0 Å². The fourth-order valence-corrected chi connectivity index (χ4v) is 4.45. The second-order valence-corrected chi connectivity index (χ2v) is 10.0. The van der Waals surface area contributed by atoms with Gasteiger partial charge in [-0.3, -0.25) is 4.79 Å². The van der Waals surface area contributed by atoms with Crippen LogP contribution in [0.4, 0.5) is 19.0 Å². The van der Waals surface area contributed by atoms with Gasteiger partial charge in [0.1, 0.15) is 11.6 Å². The maximum absolute atomic E-state index is 13.0. The normalized spacial score (nSPS) is 11.4. The van der Waals surface area contributed by atoms with Crippen molar-refractivity contribution in [2.24, 2.45) is 0 Å². The summed E-state index contributed by atoms with van der Waals surface area (Å²) in [5, 5.41) is 11.1. The molecule has 0 unspecified atom stereocenters. The van der Waals surface area contributed by atoms with E-state index in [4.69, 9.17) is 9.84 Å². The second kappa shape index (κ2) is 13.4. The third kappa shape index (κ3) is 8.66. The Balaban J connectivity index is 0.00000205. The Hall–Kier alpha value is -3.69. The van der Waals surface area contributed by atoms with Crippen LogP contribution in [-0.4, -0.2) is 35.6 Å². The van der Waals surface area contributed by atoms with E-state index < -0.39 is 17.3 Å². The molecular weight excluding hydrogens is 525 g/mol. The maximum atomic E-state index is 13.0. The van der Waals surface area contributed by atoms with E-state index >= 15 is 0 Å². The number of carbonyl (C=O) groups is 1. The highest BCUT2D eigenvalue weighted by atomic mass is 32.1. The number of halogens is 3. The number of hydrogen-bond donors (Lipinski definition) is 1. The van der Waals surface area contributed by atoms with Crippen LogP contribution in [0, 0.1) is 0 Å². The molecule has 4 aromatic rings. The predicted octanol–water partition coefficient (Wildman–Crippen LogP) is 7.04. The fourth-order valence-electron chi connectivity index (χ4n) is 3.78. The summed E-state index contributed by atoms with van der Waals surface area (Å²) in [7, 11) is 1.00. The minimum atomic E-state index is -4.37. The number of hydrogen-bond acceptors (Lipinski definition) is 6. The molecule has 39 heavy (non-hydrogen) atoms. The van der Waals surface area contributed by atoms with Gasteiger partial charge in [-0.2, -0.15) is 24.5 Å². The van der Waals surface area contributed by atoms with Gasteiger partial charge in [-0.25, -0.2) is 4.98 Å². The number of carbonyl (C=O) groups excluding carboxylic acids is 1. The number of nitrogens with zero attached hydrogens (tertiary/aromatic N) is 2. The summed E-state index contributed by atoms with van der Waals surface area (Å²) in [6.45, 7) is 4.41. The summed E-state index contributed by atoms with van der Waals surface area (Å²) in [5.41, 5.74) is 2.36. The molecule has 2 aromatic carbocycles. The lowest BCUT2D eigenvalue weighted by Crippen LogP contribution is -2.29. The van der Waals surface area contributed by atoms with Crippen molar-refractivity contribution in [1.82, 2.24) is 4.98 Å². The number of anilines is 1. The molecule has 0 aliphatic heterocycles. The van der Waals surface area contributed by atoms with E-state index in [1.807, 2.05) is 54.0 Å². The number of rotatable bonds is 10. The number of thiophene rings is 1. The lowest BCUT2D eigenvalue weighted by molar-refractivity contribution is -0.137.